The zero-order valence-electron chi connectivity index (χ0n) is 16.2. The highest BCUT2D eigenvalue weighted by Gasteiger charge is 2.43. The Bertz CT molecular complexity index is 926. The van der Waals surface area contributed by atoms with Crippen molar-refractivity contribution in [1.82, 2.24) is 14.1 Å². The molecule has 1 saturated heterocycles. The molecule has 0 bridgehead atoms. The van der Waals surface area contributed by atoms with Crippen LogP contribution in [0.25, 0.3) is 0 Å². The van der Waals surface area contributed by atoms with Gasteiger partial charge in [0.1, 0.15) is 11.9 Å². The molecule has 1 saturated carbocycles. The van der Waals surface area contributed by atoms with Crippen molar-refractivity contribution < 1.29 is 27.1 Å². The number of carbonyl (C=O) groups excluding carboxylic acids is 2. The van der Waals surface area contributed by atoms with Crippen LogP contribution in [0.5, 0.6) is 0 Å². The largest absolute Gasteiger partial charge is 0.453 e. The lowest BCUT2D eigenvalue weighted by molar-refractivity contribution is -0.138. The van der Waals surface area contributed by atoms with Crippen molar-refractivity contribution in [3.63, 3.8) is 0 Å². The van der Waals surface area contributed by atoms with E-state index in [0.717, 1.165) is 5.56 Å². The molecule has 2 amide bonds. The molecule has 10 heteroatoms. The minimum atomic E-state index is -3.28. The molecule has 0 N–H and O–H groups in total. The lowest BCUT2D eigenvalue weighted by Gasteiger charge is -2.40. The van der Waals surface area contributed by atoms with Crippen molar-refractivity contribution in [2.24, 2.45) is 0 Å². The maximum atomic E-state index is 13.9. The normalized spacial score (nSPS) is 22.9. The number of hydrogen-bond acceptors (Lipinski definition) is 5. The van der Waals surface area contributed by atoms with Crippen molar-refractivity contribution in [3.05, 3.63) is 35.1 Å². The highest BCUT2D eigenvalue weighted by Crippen LogP contribution is 2.34. The van der Waals surface area contributed by atoms with Gasteiger partial charge in [0.15, 0.2) is 0 Å². The van der Waals surface area contributed by atoms with Gasteiger partial charge in [-0.2, -0.15) is 4.31 Å². The third kappa shape index (κ3) is 3.71. The van der Waals surface area contributed by atoms with Crippen LogP contribution in [0.2, 0.25) is 0 Å². The summed E-state index contributed by atoms with van der Waals surface area (Å²) in [4.78, 5) is 28.5. The number of methoxy groups -OCH3 is 1. The Morgan fingerprint density at radius 1 is 1.10 bits per heavy atom. The van der Waals surface area contributed by atoms with Crippen molar-refractivity contribution in [2.45, 2.75) is 30.6 Å². The fourth-order valence-corrected chi connectivity index (χ4v) is 5.90. The quantitative estimate of drug-likeness (QED) is 0.725. The molecule has 0 aromatic heterocycles. The van der Waals surface area contributed by atoms with Gasteiger partial charge in [-0.3, -0.25) is 9.69 Å². The fourth-order valence-electron chi connectivity index (χ4n) is 4.08. The predicted molar refractivity (Wildman–Crippen MR) is 102 cm³/mol. The minimum absolute atomic E-state index is 0.228. The van der Waals surface area contributed by atoms with E-state index in [1.807, 2.05) is 0 Å². The molecule has 8 nitrogen and oxygen atoms in total. The third-order valence-corrected chi connectivity index (χ3v) is 8.23. The molecule has 1 aromatic rings. The van der Waals surface area contributed by atoms with Crippen LogP contribution in [0.15, 0.2) is 18.2 Å². The summed E-state index contributed by atoms with van der Waals surface area (Å²) in [5, 5.41) is -0.284. The number of nitrogens with zero attached hydrogens (tertiary/aromatic N) is 3. The Hall–Kier alpha value is -2.20. The first-order chi connectivity index (χ1) is 13.8. The van der Waals surface area contributed by atoms with Crippen LogP contribution >= 0.6 is 0 Å². The molecule has 1 atom stereocenters. The van der Waals surface area contributed by atoms with Crippen LogP contribution in [0.3, 0.4) is 0 Å². The number of benzene rings is 1. The smallest absolute Gasteiger partial charge is 0.410 e. The summed E-state index contributed by atoms with van der Waals surface area (Å²) in [6, 6.07) is 3.30. The minimum Gasteiger partial charge on any atom is -0.453 e. The second-order valence-electron chi connectivity index (χ2n) is 7.63. The molecule has 4 rings (SSSR count). The van der Waals surface area contributed by atoms with Crippen molar-refractivity contribution in [1.29, 1.82) is 0 Å². The Morgan fingerprint density at radius 3 is 2.41 bits per heavy atom. The van der Waals surface area contributed by atoms with E-state index in [9.17, 15) is 22.4 Å². The summed E-state index contributed by atoms with van der Waals surface area (Å²) in [5.74, 6) is -0.820. The lowest BCUT2D eigenvalue weighted by Crippen LogP contribution is -2.55. The van der Waals surface area contributed by atoms with Gasteiger partial charge in [-0.05, 0) is 42.5 Å². The number of fused-ring (bicyclic) bond motifs is 1. The Morgan fingerprint density at radius 2 is 1.79 bits per heavy atom. The van der Waals surface area contributed by atoms with Crippen LogP contribution < -0.4 is 0 Å². The topological polar surface area (TPSA) is 87.2 Å². The molecule has 29 heavy (non-hydrogen) atoms. The number of piperazine rings is 1. The molecule has 1 aromatic carbocycles. The molecular weight excluding hydrogens is 401 g/mol. The van der Waals surface area contributed by atoms with E-state index in [-0.39, 0.29) is 43.9 Å². The van der Waals surface area contributed by atoms with Crippen LogP contribution in [-0.4, -0.2) is 79.6 Å². The molecular formula is C19H24FN3O5S. The van der Waals surface area contributed by atoms with Gasteiger partial charge in [-0.15, -0.1) is 0 Å². The molecule has 0 spiro atoms. The molecule has 1 aliphatic carbocycles. The van der Waals surface area contributed by atoms with E-state index in [0.29, 0.717) is 24.8 Å². The van der Waals surface area contributed by atoms with Gasteiger partial charge < -0.3 is 9.64 Å². The van der Waals surface area contributed by atoms with E-state index in [1.54, 1.807) is 11.0 Å². The summed E-state index contributed by atoms with van der Waals surface area (Å²) >= 11 is 0. The summed E-state index contributed by atoms with van der Waals surface area (Å²) in [6.07, 6.45) is 1.25. The van der Waals surface area contributed by atoms with E-state index in [2.05, 4.69) is 0 Å². The van der Waals surface area contributed by atoms with E-state index in [4.69, 9.17) is 4.74 Å². The Balaban J connectivity index is 1.56. The summed E-state index contributed by atoms with van der Waals surface area (Å²) in [7, 11) is -2.04. The zero-order chi connectivity index (χ0) is 20.8. The first-order valence-electron chi connectivity index (χ1n) is 9.73. The van der Waals surface area contributed by atoms with Gasteiger partial charge in [-0.1, -0.05) is 6.07 Å². The van der Waals surface area contributed by atoms with Gasteiger partial charge in [0, 0.05) is 32.7 Å². The van der Waals surface area contributed by atoms with E-state index < -0.39 is 28.0 Å². The Kier molecular flexibility index (Phi) is 5.24. The summed E-state index contributed by atoms with van der Waals surface area (Å²) in [5.41, 5.74) is 1.28. The van der Waals surface area contributed by atoms with E-state index in [1.165, 1.54) is 28.4 Å². The second-order valence-corrected chi connectivity index (χ2v) is 9.84. The molecule has 2 heterocycles. The molecule has 2 aliphatic heterocycles. The highest BCUT2D eigenvalue weighted by molar-refractivity contribution is 7.90. The number of amides is 2. The molecule has 3 aliphatic rings. The second kappa shape index (κ2) is 7.56. The Labute approximate surface area is 169 Å². The van der Waals surface area contributed by atoms with Crippen LogP contribution in [-0.2, 0) is 26.0 Å². The number of sulfonamides is 1. The first kappa shape index (κ1) is 20.1. The summed E-state index contributed by atoms with van der Waals surface area (Å²) in [6.45, 7) is 1.22. The van der Waals surface area contributed by atoms with Gasteiger partial charge in [0.25, 0.3) is 0 Å². The zero-order valence-corrected chi connectivity index (χ0v) is 17.0. The maximum absolute atomic E-state index is 13.9. The highest BCUT2D eigenvalue weighted by atomic mass is 32.2. The van der Waals surface area contributed by atoms with Crippen LogP contribution in [0.1, 0.15) is 30.0 Å². The van der Waals surface area contributed by atoms with Crippen LogP contribution in [0.4, 0.5) is 9.18 Å². The van der Waals surface area contributed by atoms with Gasteiger partial charge in [0.05, 0.1) is 12.4 Å². The number of ether oxygens (including phenoxy) is 1. The monoisotopic (exact) mass is 425 g/mol. The predicted octanol–water partition coefficient (Wildman–Crippen LogP) is 1.13. The van der Waals surface area contributed by atoms with Gasteiger partial charge >= 0.3 is 6.09 Å². The van der Waals surface area contributed by atoms with Crippen molar-refractivity contribution in [2.75, 3.05) is 39.8 Å². The number of carbonyl (C=O) groups is 2. The van der Waals surface area contributed by atoms with Crippen molar-refractivity contribution in [3.8, 4) is 0 Å². The molecule has 158 valence electrons. The summed E-state index contributed by atoms with van der Waals surface area (Å²) < 4.78 is 45.0. The molecule has 0 radical (unpaired) electrons. The standard InChI is InChI=1S/C19H24FN3O5S/c1-28-19(25)23-7-6-13-2-3-14(20)12-16(13)17(23)18(24)21-8-10-22(11-9-21)29(26,27)15-4-5-15/h2-3,12,15,17H,4-11H2,1H3/t17-/m0/s1. The average Bonchev–Trinajstić information content (AvgIpc) is 3.58. The SMILES string of the molecule is COC(=O)N1CCc2ccc(F)cc2[C@H]1C(=O)N1CCN(S(=O)(=O)C2CC2)CC1. The molecule has 0 unspecified atom stereocenters. The van der Waals surface area contributed by atoms with Crippen LogP contribution in [0, 0.1) is 5.82 Å². The lowest BCUT2D eigenvalue weighted by atomic mass is 9.91. The average molecular weight is 425 g/mol. The van der Waals surface area contributed by atoms with Gasteiger partial charge in [0.2, 0.25) is 15.9 Å². The third-order valence-electron chi connectivity index (χ3n) is 5.84. The number of halogens is 1. The molecule has 2 fully saturated rings. The number of hydrogen-bond donors (Lipinski definition) is 0. The van der Waals surface area contributed by atoms with Crippen molar-refractivity contribution >= 4 is 22.0 Å². The van der Waals surface area contributed by atoms with Gasteiger partial charge in [-0.25, -0.2) is 17.6 Å². The van der Waals surface area contributed by atoms with E-state index >= 15 is 0 Å². The maximum Gasteiger partial charge on any atom is 0.410 e. The number of rotatable bonds is 3. The first-order valence-corrected chi connectivity index (χ1v) is 11.2. The fraction of sp³-hybridized carbons (Fsp3) is 0.579.